The van der Waals surface area contributed by atoms with E-state index in [0.29, 0.717) is 6.20 Å². The second-order valence-corrected chi connectivity index (χ2v) is 4.04. The normalized spacial score (nSPS) is 12.3. The topological polar surface area (TPSA) is 12.9 Å². The second kappa shape index (κ2) is 4.32. The second-order valence-electron chi connectivity index (χ2n) is 2.49. The Hall–Kier alpha value is -0.240. The Kier molecular flexibility index (Phi) is 3.70. The average Bonchev–Trinajstić information content (AvgIpc) is 2.00. The molecule has 0 N–H and O–H groups in total. The van der Waals surface area contributed by atoms with Gasteiger partial charge in [-0.2, -0.15) is 13.2 Å². The number of hydrogen-bond donors (Lipinski definition) is 0. The van der Waals surface area contributed by atoms with E-state index in [9.17, 15) is 22.0 Å². The Balaban J connectivity index is 3.44. The maximum absolute atomic E-state index is 12.4. The monoisotopic (exact) mass is 353 g/mol. The smallest absolute Gasteiger partial charge is 0.248 e. The molecule has 1 aromatic rings. The third-order valence-electron chi connectivity index (χ3n) is 1.51. The molecule has 0 aliphatic heterocycles. The van der Waals surface area contributed by atoms with Crippen molar-refractivity contribution in [3.8, 4) is 0 Å². The summed E-state index contributed by atoms with van der Waals surface area (Å²) in [5.41, 5.74) is -2.02. The number of rotatable bonds is 1. The number of nitrogens with zero attached hydrogens (tertiary/aromatic N) is 1. The number of alkyl halides is 5. The molecule has 0 aromatic carbocycles. The summed E-state index contributed by atoms with van der Waals surface area (Å²) in [6, 6.07) is 0. The molecule has 0 spiro atoms. The summed E-state index contributed by atoms with van der Waals surface area (Å²) in [6.45, 7) is 0. The lowest BCUT2D eigenvalue weighted by molar-refractivity contribution is -0.139. The molecule has 0 atom stereocenters. The van der Waals surface area contributed by atoms with Gasteiger partial charge in [-0.1, -0.05) is 0 Å². The van der Waals surface area contributed by atoms with Crippen molar-refractivity contribution < 1.29 is 22.0 Å². The molecule has 1 heterocycles. The molecule has 0 fully saturated rings. The van der Waals surface area contributed by atoms with Crippen molar-refractivity contribution in [1.82, 2.24) is 4.98 Å². The van der Waals surface area contributed by atoms with Gasteiger partial charge in [-0.3, -0.25) is 0 Å². The predicted octanol–water partition coefficient (Wildman–Crippen LogP) is 4.56. The van der Waals surface area contributed by atoms with Gasteiger partial charge in [-0.05, 0) is 31.9 Å². The van der Waals surface area contributed by atoms with Gasteiger partial charge in [0, 0.05) is 10.7 Å². The van der Waals surface area contributed by atoms with E-state index in [-0.39, 0.29) is 0 Å². The molecule has 1 aromatic heterocycles. The van der Waals surface area contributed by atoms with E-state index >= 15 is 0 Å². The molecule has 1 rings (SSSR count). The lowest BCUT2D eigenvalue weighted by atomic mass is 10.2. The highest BCUT2D eigenvalue weighted by Gasteiger charge is 2.38. The van der Waals surface area contributed by atoms with Crippen molar-refractivity contribution in [3.05, 3.63) is 26.4 Å². The highest BCUT2D eigenvalue weighted by atomic mass is 79.9. The van der Waals surface area contributed by atoms with Crippen LogP contribution in [0, 0.1) is 0 Å². The van der Waals surface area contributed by atoms with E-state index in [0.717, 1.165) is 0 Å². The molecule has 0 bridgehead atoms. The van der Waals surface area contributed by atoms with Gasteiger partial charge in [0.05, 0.1) is 5.56 Å². The van der Waals surface area contributed by atoms with Crippen molar-refractivity contribution >= 4 is 31.9 Å². The van der Waals surface area contributed by atoms with Crippen LogP contribution in [-0.4, -0.2) is 4.98 Å². The van der Waals surface area contributed by atoms with Crippen LogP contribution >= 0.6 is 31.9 Å². The molecule has 0 radical (unpaired) electrons. The van der Waals surface area contributed by atoms with Gasteiger partial charge < -0.3 is 0 Å². The third kappa shape index (κ3) is 2.66. The summed E-state index contributed by atoms with van der Waals surface area (Å²) in [5.74, 6) is 0. The number of pyridine rings is 1. The van der Waals surface area contributed by atoms with Gasteiger partial charge in [-0.25, -0.2) is 13.8 Å². The third-order valence-corrected chi connectivity index (χ3v) is 2.97. The van der Waals surface area contributed by atoms with E-state index in [1.807, 2.05) is 0 Å². The summed E-state index contributed by atoms with van der Waals surface area (Å²) in [5, 5.41) is 0. The Bertz CT molecular complexity index is 376. The van der Waals surface area contributed by atoms with Crippen molar-refractivity contribution in [2.24, 2.45) is 0 Å². The zero-order valence-electron chi connectivity index (χ0n) is 6.75. The number of halogens is 7. The van der Waals surface area contributed by atoms with Gasteiger partial charge in [0.1, 0.15) is 10.2 Å². The van der Waals surface area contributed by atoms with Crippen molar-refractivity contribution in [1.29, 1.82) is 0 Å². The highest BCUT2D eigenvalue weighted by Crippen LogP contribution is 2.42. The fraction of sp³-hybridized carbons (Fsp3) is 0.286. The van der Waals surface area contributed by atoms with E-state index in [1.54, 1.807) is 0 Å². The first-order chi connectivity index (χ1) is 6.75. The van der Waals surface area contributed by atoms with Crippen molar-refractivity contribution in [2.45, 2.75) is 12.6 Å². The first kappa shape index (κ1) is 12.8. The molecule has 0 aliphatic rings. The quantitative estimate of drug-likeness (QED) is 0.532. The minimum atomic E-state index is -4.74. The van der Waals surface area contributed by atoms with Crippen LogP contribution in [0.15, 0.2) is 15.3 Å². The van der Waals surface area contributed by atoms with Crippen LogP contribution in [0.4, 0.5) is 22.0 Å². The molecule has 84 valence electrons. The summed E-state index contributed by atoms with van der Waals surface area (Å²) in [4.78, 5) is 3.21. The Morgan fingerprint density at radius 2 is 1.73 bits per heavy atom. The van der Waals surface area contributed by atoms with Gasteiger partial charge in [0.25, 0.3) is 6.43 Å². The SMILES string of the molecule is FC(F)c1cnc(Br)c(C(F)(F)F)c1Br. The summed E-state index contributed by atoms with van der Waals surface area (Å²) >= 11 is 5.06. The average molecular weight is 355 g/mol. The van der Waals surface area contributed by atoms with Crippen LogP contribution < -0.4 is 0 Å². The summed E-state index contributed by atoms with van der Waals surface area (Å²) in [7, 11) is 0. The van der Waals surface area contributed by atoms with Crippen LogP contribution in [0.2, 0.25) is 0 Å². The van der Waals surface area contributed by atoms with Gasteiger partial charge in [0.15, 0.2) is 0 Å². The molecule has 0 saturated carbocycles. The molecule has 0 unspecified atom stereocenters. The largest absolute Gasteiger partial charge is 0.420 e. The fourth-order valence-corrected chi connectivity index (χ4v) is 2.36. The van der Waals surface area contributed by atoms with Gasteiger partial charge in [-0.15, -0.1) is 0 Å². The van der Waals surface area contributed by atoms with Crippen LogP contribution in [0.3, 0.4) is 0 Å². The maximum Gasteiger partial charge on any atom is 0.420 e. The minimum absolute atomic E-state index is 0.522. The van der Waals surface area contributed by atoms with E-state index in [4.69, 9.17) is 0 Å². The molecule has 0 aliphatic carbocycles. The Labute approximate surface area is 97.9 Å². The first-order valence-electron chi connectivity index (χ1n) is 3.44. The molecule has 8 heteroatoms. The number of hydrogen-bond acceptors (Lipinski definition) is 1. The molecule has 1 nitrogen and oxygen atoms in total. The molecular weight excluding hydrogens is 353 g/mol. The van der Waals surface area contributed by atoms with E-state index < -0.39 is 32.8 Å². The zero-order chi connectivity index (χ0) is 11.8. The molecule has 0 saturated heterocycles. The summed E-state index contributed by atoms with van der Waals surface area (Å²) < 4.78 is 60.6. The van der Waals surface area contributed by atoms with Crippen LogP contribution in [0.5, 0.6) is 0 Å². The Morgan fingerprint density at radius 1 is 1.20 bits per heavy atom. The highest BCUT2D eigenvalue weighted by molar-refractivity contribution is 9.11. The summed E-state index contributed by atoms with van der Waals surface area (Å²) in [6.07, 6.45) is -7.06. The van der Waals surface area contributed by atoms with E-state index in [2.05, 4.69) is 36.8 Å². The molecule has 15 heavy (non-hydrogen) atoms. The van der Waals surface area contributed by atoms with Crippen LogP contribution in [-0.2, 0) is 6.18 Å². The Morgan fingerprint density at radius 3 is 2.13 bits per heavy atom. The zero-order valence-corrected chi connectivity index (χ0v) is 9.92. The lowest BCUT2D eigenvalue weighted by Crippen LogP contribution is -2.10. The lowest BCUT2D eigenvalue weighted by Gasteiger charge is -2.13. The van der Waals surface area contributed by atoms with Crippen molar-refractivity contribution in [2.75, 3.05) is 0 Å². The molecule has 0 amide bonds. The van der Waals surface area contributed by atoms with Gasteiger partial charge in [0.2, 0.25) is 0 Å². The number of aromatic nitrogens is 1. The maximum atomic E-state index is 12.4. The van der Waals surface area contributed by atoms with E-state index in [1.165, 1.54) is 0 Å². The van der Waals surface area contributed by atoms with Crippen molar-refractivity contribution in [3.63, 3.8) is 0 Å². The minimum Gasteiger partial charge on any atom is -0.248 e. The van der Waals surface area contributed by atoms with Crippen LogP contribution in [0.1, 0.15) is 17.6 Å². The molecular formula is C7H2Br2F5N. The van der Waals surface area contributed by atoms with Crippen LogP contribution in [0.25, 0.3) is 0 Å². The fourth-order valence-electron chi connectivity index (χ4n) is 0.876. The standard InChI is InChI=1S/C7H2Br2F5N/c8-4-2(6(10)11)1-15-5(9)3(4)7(12,13)14/h1,6H. The first-order valence-corrected chi connectivity index (χ1v) is 5.03. The van der Waals surface area contributed by atoms with Gasteiger partial charge >= 0.3 is 6.18 Å². The predicted molar refractivity (Wildman–Crippen MR) is 49.6 cm³/mol.